The summed E-state index contributed by atoms with van der Waals surface area (Å²) in [4.78, 5) is 12.4. The van der Waals surface area contributed by atoms with Crippen molar-refractivity contribution >= 4 is 5.97 Å². The lowest BCUT2D eigenvalue weighted by Crippen LogP contribution is -2.60. The second-order valence-electron chi connectivity index (χ2n) is 7.07. The molecule has 0 bridgehead atoms. The van der Waals surface area contributed by atoms with E-state index in [9.17, 15) is 4.79 Å². The van der Waals surface area contributed by atoms with Crippen molar-refractivity contribution in [3.8, 4) is 0 Å². The summed E-state index contributed by atoms with van der Waals surface area (Å²) in [6.07, 6.45) is 0.934. The highest BCUT2D eigenvalue weighted by Gasteiger charge is 2.62. The van der Waals surface area contributed by atoms with Gasteiger partial charge in [0.2, 0.25) is 0 Å². The number of hydrogen-bond acceptors (Lipinski definition) is 4. The number of rotatable bonds is 4. The Morgan fingerprint density at radius 2 is 1.50 bits per heavy atom. The van der Waals surface area contributed by atoms with Crippen LogP contribution < -0.4 is 0 Å². The number of esters is 1. The molecule has 122 valence electrons. The van der Waals surface area contributed by atoms with Crippen molar-refractivity contribution in [3.63, 3.8) is 0 Å². The van der Waals surface area contributed by atoms with Crippen LogP contribution in [0.2, 0.25) is 0 Å². The van der Waals surface area contributed by atoms with E-state index in [1.54, 1.807) is 14.2 Å². The molecule has 1 saturated carbocycles. The zero-order valence-corrected chi connectivity index (χ0v) is 14.4. The van der Waals surface area contributed by atoms with Crippen molar-refractivity contribution in [2.45, 2.75) is 50.2 Å². The first-order chi connectivity index (χ1) is 10.2. The van der Waals surface area contributed by atoms with Crippen LogP contribution in [0.3, 0.4) is 0 Å². The lowest BCUT2D eigenvalue weighted by atomic mass is 9.60. The Morgan fingerprint density at radius 1 is 1.00 bits per heavy atom. The fraction of sp³-hybridized carbons (Fsp3) is 0.611. The molecule has 0 N–H and O–H groups in total. The zero-order chi connectivity index (χ0) is 16.6. The molecule has 1 aliphatic rings. The highest BCUT2D eigenvalue weighted by Crippen LogP contribution is 2.53. The predicted octanol–water partition coefficient (Wildman–Crippen LogP) is 3.18. The third-order valence-electron chi connectivity index (χ3n) is 4.77. The van der Waals surface area contributed by atoms with Gasteiger partial charge in [-0.1, -0.05) is 45.0 Å². The fourth-order valence-corrected chi connectivity index (χ4v) is 3.19. The van der Waals surface area contributed by atoms with Crippen molar-refractivity contribution in [1.82, 2.24) is 0 Å². The number of carbonyl (C=O) groups is 1. The van der Waals surface area contributed by atoms with E-state index in [-0.39, 0.29) is 11.4 Å². The van der Waals surface area contributed by atoms with Gasteiger partial charge in [-0.15, -0.1) is 0 Å². The first kappa shape index (κ1) is 17.0. The summed E-state index contributed by atoms with van der Waals surface area (Å²) < 4.78 is 15.9. The largest absolute Gasteiger partial charge is 0.468 e. The molecule has 0 amide bonds. The third kappa shape index (κ3) is 2.66. The van der Waals surface area contributed by atoms with Crippen molar-refractivity contribution in [3.05, 3.63) is 35.4 Å². The number of benzene rings is 1. The molecular formula is C18H26O4. The minimum Gasteiger partial charge on any atom is -0.468 e. The number of ether oxygens (including phenoxy) is 3. The second-order valence-corrected chi connectivity index (χ2v) is 7.07. The van der Waals surface area contributed by atoms with E-state index >= 15 is 0 Å². The fourth-order valence-electron chi connectivity index (χ4n) is 3.19. The maximum atomic E-state index is 12.4. The molecule has 1 fully saturated rings. The monoisotopic (exact) mass is 306 g/mol. The normalized spacial score (nSPS) is 19.4. The maximum Gasteiger partial charge on any atom is 0.316 e. The highest BCUT2D eigenvalue weighted by atomic mass is 16.7. The molecular weight excluding hydrogens is 280 g/mol. The number of methoxy groups -OCH3 is 3. The van der Waals surface area contributed by atoms with Crippen LogP contribution in [0, 0.1) is 0 Å². The Morgan fingerprint density at radius 3 is 1.86 bits per heavy atom. The van der Waals surface area contributed by atoms with Crippen molar-refractivity contribution in [2.24, 2.45) is 0 Å². The van der Waals surface area contributed by atoms with Crippen molar-refractivity contribution in [1.29, 1.82) is 0 Å². The van der Waals surface area contributed by atoms with Crippen molar-refractivity contribution in [2.75, 3.05) is 21.3 Å². The van der Waals surface area contributed by atoms with Gasteiger partial charge in [0.15, 0.2) is 5.79 Å². The van der Waals surface area contributed by atoms with E-state index in [0.717, 1.165) is 5.56 Å². The lowest BCUT2D eigenvalue weighted by Gasteiger charge is -2.52. The Balaban J connectivity index is 2.35. The molecule has 22 heavy (non-hydrogen) atoms. The van der Waals surface area contributed by atoms with E-state index in [1.165, 1.54) is 12.7 Å². The first-order valence-corrected chi connectivity index (χ1v) is 7.53. The molecule has 4 nitrogen and oxygen atoms in total. The van der Waals surface area contributed by atoms with Crippen LogP contribution >= 0.6 is 0 Å². The minimum absolute atomic E-state index is 0.0827. The highest BCUT2D eigenvalue weighted by molar-refractivity contribution is 5.85. The molecule has 1 aromatic carbocycles. The van der Waals surface area contributed by atoms with Gasteiger partial charge in [0.1, 0.15) is 5.41 Å². The minimum atomic E-state index is -0.698. The van der Waals surface area contributed by atoms with Crippen LogP contribution in [0.1, 0.15) is 44.7 Å². The molecule has 1 aliphatic carbocycles. The van der Waals surface area contributed by atoms with Gasteiger partial charge in [0, 0.05) is 27.1 Å². The molecule has 0 spiro atoms. The van der Waals surface area contributed by atoms with Gasteiger partial charge in [-0.05, 0) is 16.5 Å². The Bertz CT molecular complexity index is 527. The van der Waals surface area contributed by atoms with Crippen LogP contribution in [0.15, 0.2) is 24.3 Å². The molecule has 2 rings (SSSR count). The molecule has 0 unspecified atom stereocenters. The van der Waals surface area contributed by atoms with Crippen LogP contribution in [0.5, 0.6) is 0 Å². The van der Waals surface area contributed by atoms with Gasteiger partial charge >= 0.3 is 5.97 Å². The molecule has 0 atom stereocenters. The standard InChI is InChI=1S/C18H26O4/c1-16(2,3)13-7-9-14(10-8-13)17(15(19)20-4)11-18(12-17,21-5)22-6/h7-10H,11-12H2,1-6H3. The van der Waals surface area contributed by atoms with Gasteiger partial charge in [0.25, 0.3) is 0 Å². The SMILES string of the molecule is COC(=O)C1(c2ccc(C(C)(C)C)cc2)CC(OC)(OC)C1. The molecule has 0 aliphatic heterocycles. The Hall–Kier alpha value is -1.39. The maximum absolute atomic E-state index is 12.4. The summed E-state index contributed by atoms with van der Waals surface area (Å²) in [5.41, 5.74) is 1.59. The second kappa shape index (κ2) is 5.67. The van der Waals surface area contributed by atoms with Gasteiger partial charge in [-0.2, -0.15) is 0 Å². The van der Waals surface area contributed by atoms with E-state index in [0.29, 0.717) is 12.8 Å². The zero-order valence-electron chi connectivity index (χ0n) is 14.4. The number of carbonyl (C=O) groups excluding carboxylic acids is 1. The van der Waals surface area contributed by atoms with E-state index in [1.807, 2.05) is 12.1 Å². The quantitative estimate of drug-likeness (QED) is 0.633. The number of hydrogen-bond donors (Lipinski definition) is 0. The van der Waals surface area contributed by atoms with Gasteiger partial charge in [0.05, 0.1) is 7.11 Å². The average molecular weight is 306 g/mol. The molecule has 0 aromatic heterocycles. The lowest BCUT2D eigenvalue weighted by molar-refractivity contribution is -0.278. The van der Waals surface area contributed by atoms with E-state index in [2.05, 4.69) is 32.9 Å². The summed E-state index contributed by atoms with van der Waals surface area (Å²) in [6, 6.07) is 8.21. The first-order valence-electron chi connectivity index (χ1n) is 7.53. The molecule has 0 saturated heterocycles. The molecule has 1 aromatic rings. The molecule has 4 heteroatoms. The Labute approximate surface area is 132 Å². The van der Waals surface area contributed by atoms with Crippen molar-refractivity contribution < 1.29 is 19.0 Å². The summed E-state index contributed by atoms with van der Waals surface area (Å²) in [7, 11) is 4.63. The van der Waals surface area contributed by atoms with Gasteiger partial charge < -0.3 is 14.2 Å². The molecule has 0 radical (unpaired) electrons. The van der Waals surface area contributed by atoms with Crippen LogP contribution in [0.25, 0.3) is 0 Å². The van der Waals surface area contributed by atoms with Gasteiger partial charge in [-0.3, -0.25) is 4.79 Å². The van der Waals surface area contributed by atoms with Crippen LogP contribution in [-0.4, -0.2) is 33.1 Å². The summed E-state index contributed by atoms with van der Waals surface area (Å²) in [5, 5.41) is 0. The smallest absolute Gasteiger partial charge is 0.316 e. The van der Waals surface area contributed by atoms with Crippen LogP contribution in [0.4, 0.5) is 0 Å². The summed E-state index contributed by atoms with van der Waals surface area (Å²) in [6.45, 7) is 6.51. The van der Waals surface area contributed by atoms with Crippen LogP contribution in [-0.2, 0) is 29.8 Å². The molecule has 0 heterocycles. The predicted molar refractivity (Wildman–Crippen MR) is 84.8 cm³/mol. The topological polar surface area (TPSA) is 44.8 Å². The van der Waals surface area contributed by atoms with E-state index < -0.39 is 11.2 Å². The Kier molecular flexibility index (Phi) is 4.37. The summed E-state index contributed by atoms with van der Waals surface area (Å²) >= 11 is 0. The third-order valence-corrected chi connectivity index (χ3v) is 4.77. The van der Waals surface area contributed by atoms with E-state index in [4.69, 9.17) is 14.2 Å². The van der Waals surface area contributed by atoms with Gasteiger partial charge in [-0.25, -0.2) is 0 Å². The average Bonchev–Trinajstić information content (AvgIpc) is 2.46. The summed E-state index contributed by atoms with van der Waals surface area (Å²) in [5.74, 6) is -0.933.